The van der Waals surface area contributed by atoms with Crippen molar-refractivity contribution in [2.45, 2.75) is 13.8 Å². The maximum Gasteiger partial charge on any atom is 0.341 e. The summed E-state index contributed by atoms with van der Waals surface area (Å²) in [5.74, 6) is -0.769. The number of halogens is 2. The third kappa shape index (κ3) is 3.61. The molecule has 1 amide bonds. The van der Waals surface area contributed by atoms with Gasteiger partial charge in [0.2, 0.25) is 5.91 Å². The number of ether oxygens (including phenoxy) is 1. The molecule has 1 aromatic heterocycles. The van der Waals surface area contributed by atoms with Crippen molar-refractivity contribution in [3.8, 4) is 11.1 Å². The molecule has 0 saturated carbocycles. The highest BCUT2D eigenvalue weighted by Crippen LogP contribution is 2.39. The fourth-order valence-electron chi connectivity index (χ4n) is 1.92. The third-order valence-corrected chi connectivity index (χ3v) is 4.22. The van der Waals surface area contributed by atoms with Gasteiger partial charge in [0.05, 0.1) is 6.61 Å². The van der Waals surface area contributed by atoms with E-state index in [-0.39, 0.29) is 12.5 Å². The number of hydrogen-bond acceptors (Lipinski definition) is 4. The standard InChI is InChI=1S/C15H13Cl2NO3S/c1-3-21-15(20)13-11(7-22-14(13)18-8(2)19)10-5-4-9(16)6-12(10)17/h4-7H,3H2,1-2H3,(H,18,19). The van der Waals surface area contributed by atoms with Gasteiger partial charge in [0.15, 0.2) is 0 Å². The van der Waals surface area contributed by atoms with Gasteiger partial charge in [-0.25, -0.2) is 4.79 Å². The smallest absolute Gasteiger partial charge is 0.341 e. The fraction of sp³-hybridized carbons (Fsp3) is 0.200. The van der Waals surface area contributed by atoms with Crippen molar-refractivity contribution >= 4 is 51.4 Å². The number of carbonyl (C=O) groups is 2. The number of nitrogens with one attached hydrogen (secondary N) is 1. The molecule has 0 unspecified atom stereocenters. The zero-order valence-electron chi connectivity index (χ0n) is 11.9. The molecule has 0 aliphatic rings. The Balaban J connectivity index is 2.57. The molecular formula is C15H13Cl2NO3S. The number of thiophene rings is 1. The molecular weight excluding hydrogens is 345 g/mol. The van der Waals surface area contributed by atoms with Crippen LogP contribution in [0.1, 0.15) is 24.2 Å². The predicted octanol–water partition coefficient (Wildman–Crippen LogP) is 4.86. The van der Waals surface area contributed by atoms with E-state index in [1.165, 1.54) is 18.3 Å². The summed E-state index contributed by atoms with van der Waals surface area (Å²) in [7, 11) is 0. The predicted molar refractivity (Wildman–Crippen MR) is 90.0 cm³/mol. The monoisotopic (exact) mass is 357 g/mol. The number of benzene rings is 1. The van der Waals surface area contributed by atoms with Crippen LogP contribution in [0.3, 0.4) is 0 Å². The van der Waals surface area contributed by atoms with Crippen molar-refractivity contribution in [2.75, 3.05) is 11.9 Å². The molecule has 1 N–H and O–H groups in total. The Labute approximate surface area is 142 Å². The molecule has 4 nitrogen and oxygen atoms in total. The summed E-state index contributed by atoms with van der Waals surface area (Å²) in [4.78, 5) is 23.5. The van der Waals surface area contributed by atoms with E-state index in [9.17, 15) is 9.59 Å². The summed E-state index contributed by atoms with van der Waals surface area (Å²) in [6.45, 7) is 3.34. The largest absolute Gasteiger partial charge is 0.462 e. The molecule has 0 fully saturated rings. The molecule has 7 heteroatoms. The van der Waals surface area contributed by atoms with Crippen LogP contribution in [-0.2, 0) is 9.53 Å². The number of anilines is 1. The summed E-state index contributed by atoms with van der Waals surface area (Å²) in [5.41, 5.74) is 1.56. The molecule has 1 heterocycles. The number of esters is 1. The van der Waals surface area contributed by atoms with Crippen molar-refractivity contribution in [1.29, 1.82) is 0 Å². The Morgan fingerprint density at radius 3 is 2.59 bits per heavy atom. The number of rotatable bonds is 4. The lowest BCUT2D eigenvalue weighted by atomic mass is 10.0. The highest BCUT2D eigenvalue weighted by Gasteiger charge is 2.23. The van der Waals surface area contributed by atoms with Crippen molar-refractivity contribution in [2.24, 2.45) is 0 Å². The van der Waals surface area contributed by atoms with Gasteiger partial charge in [-0.05, 0) is 19.1 Å². The van der Waals surface area contributed by atoms with E-state index in [0.717, 1.165) is 0 Å². The first-order chi connectivity index (χ1) is 10.4. The number of hydrogen-bond donors (Lipinski definition) is 1. The Kier molecular flexibility index (Phi) is 5.45. The van der Waals surface area contributed by atoms with Crippen LogP contribution in [0, 0.1) is 0 Å². The highest BCUT2D eigenvalue weighted by molar-refractivity contribution is 7.15. The Bertz CT molecular complexity index is 728. The molecule has 2 rings (SSSR count). The van der Waals surface area contributed by atoms with Crippen LogP contribution in [-0.4, -0.2) is 18.5 Å². The zero-order chi connectivity index (χ0) is 16.3. The second kappa shape index (κ2) is 7.13. The topological polar surface area (TPSA) is 55.4 Å². The molecule has 0 saturated heterocycles. The average Bonchev–Trinajstić information content (AvgIpc) is 2.81. The minimum absolute atomic E-state index is 0.238. The normalized spacial score (nSPS) is 10.4. The Morgan fingerprint density at radius 1 is 1.27 bits per heavy atom. The molecule has 1 aromatic carbocycles. The summed E-state index contributed by atoms with van der Waals surface area (Å²) in [6.07, 6.45) is 0. The van der Waals surface area contributed by atoms with Gasteiger partial charge in [0.1, 0.15) is 10.6 Å². The molecule has 0 bridgehead atoms. The van der Waals surface area contributed by atoms with E-state index in [1.807, 2.05) is 0 Å². The van der Waals surface area contributed by atoms with E-state index in [0.29, 0.717) is 31.7 Å². The van der Waals surface area contributed by atoms with Gasteiger partial charge in [-0.2, -0.15) is 0 Å². The maximum atomic E-state index is 12.2. The van der Waals surface area contributed by atoms with E-state index in [1.54, 1.807) is 30.5 Å². The van der Waals surface area contributed by atoms with E-state index in [2.05, 4.69) is 5.32 Å². The quantitative estimate of drug-likeness (QED) is 0.795. The van der Waals surface area contributed by atoms with Crippen LogP contribution >= 0.6 is 34.5 Å². The first kappa shape index (κ1) is 16.8. The van der Waals surface area contributed by atoms with Crippen LogP contribution in [0.2, 0.25) is 10.0 Å². The highest BCUT2D eigenvalue weighted by atomic mass is 35.5. The van der Waals surface area contributed by atoms with E-state index in [4.69, 9.17) is 27.9 Å². The van der Waals surface area contributed by atoms with Crippen molar-refractivity contribution < 1.29 is 14.3 Å². The van der Waals surface area contributed by atoms with Crippen LogP contribution < -0.4 is 5.32 Å². The van der Waals surface area contributed by atoms with Crippen LogP contribution in [0.4, 0.5) is 5.00 Å². The molecule has 0 aliphatic carbocycles. The summed E-state index contributed by atoms with van der Waals surface area (Å²) >= 11 is 13.4. The molecule has 0 aliphatic heterocycles. The van der Waals surface area contributed by atoms with Crippen molar-refractivity contribution in [1.82, 2.24) is 0 Å². The Morgan fingerprint density at radius 2 is 2.00 bits per heavy atom. The SMILES string of the molecule is CCOC(=O)c1c(-c2ccc(Cl)cc2Cl)csc1NC(C)=O. The number of amides is 1. The number of carbonyl (C=O) groups excluding carboxylic acids is 2. The van der Waals surface area contributed by atoms with Gasteiger partial charge in [0, 0.05) is 33.5 Å². The fourth-order valence-corrected chi connectivity index (χ4v) is 3.43. The maximum absolute atomic E-state index is 12.2. The van der Waals surface area contributed by atoms with Crippen LogP contribution in [0.25, 0.3) is 11.1 Å². The molecule has 116 valence electrons. The van der Waals surface area contributed by atoms with Crippen LogP contribution in [0.5, 0.6) is 0 Å². The lowest BCUT2D eigenvalue weighted by Crippen LogP contribution is -2.11. The first-order valence-electron chi connectivity index (χ1n) is 6.45. The Hall–Kier alpha value is -1.56. The first-order valence-corrected chi connectivity index (χ1v) is 8.09. The summed E-state index contributed by atoms with van der Waals surface area (Å²) in [6, 6.07) is 5.02. The summed E-state index contributed by atoms with van der Waals surface area (Å²) < 4.78 is 5.08. The average molecular weight is 358 g/mol. The lowest BCUT2D eigenvalue weighted by molar-refractivity contribution is -0.114. The third-order valence-electron chi connectivity index (χ3n) is 2.78. The lowest BCUT2D eigenvalue weighted by Gasteiger charge is -2.09. The molecule has 0 spiro atoms. The molecule has 22 heavy (non-hydrogen) atoms. The van der Waals surface area contributed by atoms with Crippen LogP contribution in [0.15, 0.2) is 23.6 Å². The summed E-state index contributed by atoms with van der Waals surface area (Å²) in [5, 5.41) is 5.76. The van der Waals surface area contributed by atoms with Gasteiger partial charge in [-0.3, -0.25) is 4.79 Å². The molecule has 2 aromatic rings. The van der Waals surface area contributed by atoms with Gasteiger partial charge in [-0.15, -0.1) is 11.3 Å². The minimum atomic E-state index is -0.506. The molecule has 0 atom stereocenters. The second-order valence-corrected chi connectivity index (χ2v) is 6.10. The van der Waals surface area contributed by atoms with Gasteiger partial charge in [-0.1, -0.05) is 29.3 Å². The second-order valence-electron chi connectivity index (χ2n) is 4.38. The van der Waals surface area contributed by atoms with E-state index >= 15 is 0 Å². The van der Waals surface area contributed by atoms with Gasteiger partial charge in [0.25, 0.3) is 0 Å². The van der Waals surface area contributed by atoms with Gasteiger partial charge < -0.3 is 10.1 Å². The molecule has 0 radical (unpaired) electrons. The zero-order valence-corrected chi connectivity index (χ0v) is 14.2. The van der Waals surface area contributed by atoms with E-state index < -0.39 is 5.97 Å². The van der Waals surface area contributed by atoms with Crippen molar-refractivity contribution in [3.05, 3.63) is 39.2 Å². The minimum Gasteiger partial charge on any atom is -0.462 e. The van der Waals surface area contributed by atoms with Gasteiger partial charge >= 0.3 is 5.97 Å². The van der Waals surface area contributed by atoms with Crippen molar-refractivity contribution in [3.63, 3.8) is 0 Å².